The molecule has 3 nitrogen and oxygen atoms in total. The lowest BCUT2D eigenvalue weighted by Gasteiger charge is -2.16. The molecule has 1 fully saturated rings. The molecule has 1 rings (SSSR count). The summed E-state index contributed by atoms with van der Waals surface area (Å²) in [5, 5.41) is 0. The zero-order chi connectivity index (χ0) is 9.19. The number of hydrogen-bond donors (Lipinski definition) is 0. The van der Waals surface area contributed by atoms with Crippen LogP contribution in [0.2, 0.25) is 0 Å². The summed E-state index contributed by atoms with van der Waals surface area (Å²) < 4.78 is 10.6. The Labute approximate surface area is 72.0 Å². The number of ether oxygens (including phenoxy) is 2. The molecule has 0 radical (unpaired) electrons. The summed E-state index contributed by atoms with van der Waals surface area (Å²) in [6.45, 7) is 4.07. The molecule has 1 atom stereocenters. The fraction of sp³-hybridized carbons (Fsp3) is 0.667. The zero-order valence-electron chi connectivity index (χ0n) is 7.29. The van der Waals surface area contributed by atoms with Crippen LogP contribution in [0.25, 0.3) is 0 Å². The molecule has 0 unspecified atom stereocenters. The van der Waals surface area contributed by atoms with Crippen molar-refractivity contribution < 1.29 is 14.3 Å². The number of hydrogen-bond acceptors (Lipinski definition) is 3. The first-order chi connectivity index (χ1) is 5.53. The molecule has 0 amide bonds. The van der Waals surface area contributed by atoms with E-state index in [0.29, 0.717) is 6.61 Å². The van der Waals surface area contributed by atoms with Crippen molar-refractivity contribution in [3.63, 3.8) is 0 Å². The quantitative estimate of drug-likeness (QED) is 0.450. The monoisotopic (exact) mass is 168 g/mol. The van der Waals surface area contributed by atoms with Gasteiger partial charge in [-0.05, 0) is 19.8 Å². The van der Waals surface area contributed by atoms with Gasteiger partial charge in [-0.2, -0.15) is 0 Å². The van der Waals surface area contributed by atoms with E-state index in [2.05, 4.69) is 0 Å². The maximum atomic E-state index is 10.8. The van der Waals surface area contributed by atoms with E-state index in [-0.39, 0.29) is 18.3 Å². The Morgan fingerprint density at radius 3 is 2.83 bits per heavy atom. The van der Waals surface area contributed by atoms with Gasteiger partial charge >= 0.3 is 0 Å². The average molecular weight is 168 g/mol. The smallest absolute Gasteiger partial charge is 0.207 e. The molecule has 0 aromatic carbocycles. The van der Waals surface area contributed by atoms with Gasteiger partial charge in [0.05, 0.1) is 12.7 Å². The molecule has 0 spiro atoms. The number of terminal acetylenes is 1. The SMILES string of the molecule is C#CC(=O)C[C@H]1COC(C)(C)O1. The summed E-state index contributed by atoms with van der Waals surface area (Å²) in [6.07, 6.45) is 4.99. The number of rotatable bonds is 2. The van der Waals surface area contributed by atoms with Gasteiger partial charge in [0, 0.05) is 6.42 Å². The van der Waals surface area contributed by atoms with Crippen LogP contribution in [0, 0.1) is 12.3 Å². The summed E-state index contributed by atoms with van der Waals surface area (Å²) in [6, 6.07) is 0. The lowest BCUT2D eigenvalue weighted by Crippen LogP contribution is -2.22. The molecule has 1 aliphatic heterocycles. The second kappa shape index (κ2) is 3.26. The number of carbonyl (C=O) groups excluding carboxylic acids is 1. The molecule has 1 heterocycles. The van der Waals surface area contributed by atoms with Gasteiger partial charge in [0.1, 0.15) is 0 Å². The van der Waals surface area contributed by atoms with E-state index >= 15 is 0 Å². The molecule has 1 aliphatic rings. The van der Waals surface area contributed by atoms with Crippen LogP contribution >= 0.6 is 0 Å². The van der Waals surface area contributed by atoms with Crippen LogP contribution in [-0.2, 0) is 14.3 Å². The van der Waals surface area contributed by atoms with Crippen LogP contribution in [0.5, 0.6) is 0 Å². The molecule has 12 heavy (non-hydrogen) atoms. The Morgan fingerprint density at radius 2 is 2.42 bits per heavy atom. The summed E-state index contributed by atoms with van der Waals surface area (Å²) in [7, 11) is 0. The van der Waals surface area contributed by atoms with Gasteiger partial charge in [-0.1, -0.05) is 0 Å². The van der Waals surface area contributed by atoms with Crippen molar-refractivity contribution in [3.05, 3.63) is 0 Å². The maximum absolute atomic E-state index is 10.8. The first-order valence-electron chi connectivity index (χ1n) is 3.85. The summed E-state index contributed by atoms with van der Waals surface area (Å²) in [4.78, 5) is 10.8. The summed E-state index contributed by atoms with van der Waals surface area (Å²) in [5.74, 6) is 1.24. The van der Waals surface area contributed by atoms with Gasteiger partial charge < -0.3 is 9.47 Å². The van der Waals surface area contributed by atoms with Crippen molar-refractivity contribution in [1.29, 1.82) is 0 Å². The van der Waals surface area contributed by atoms with Crippen LogP contribution in [0.15, 0.2) is 0 Å². The third-order valence-electron chi connectivity index (χ3n) is 1.64. The first-order valence-corrected chi connectivity index (χ1v) is 3.85. The van der Waals surface area contributed by atoms with Crippen molar-refractivity contribution in [2.75, 3.05) is 6.61 Å². The standard InChI is InChI=1S/C9H12O3/c1-4-7(10)5-8-6-11-9(2,3)12-8/h1,8H,5-6H2,2-3H3/t8-/m0/s1. The Morgan fingerprint density at radius 1 is 1.75 bits per heavy atom. The summed E-state index contributed by atoms with van der Waals surface area (Å²) >= 11 is 0. The highest BCUT2D eigenvalue weighted by Gasteiger charge is 2.33. The highest BCUT2D eigenvalue weighted by Crippen LogP contribution is 2.23. The fourth-order valence-electron chi connectivity index (χ4n) is 1.13. The van der Waals surface area contributed by atoms with E-state index in [9.17, 15) is 4.79 Å². The maximum Gasteiger partial charge on any atom is 0.207 e. The molecule has 0 aliphatic carbocycles. The van der Waals surface area contributed by atoms with E-state index in [1.807, 2.05) is 19.8 Å². The molecule has 0 aromatic rings. The summed E-state index contributed by atoms with van der Waals surface area (Å²) in [5.41, 5.74) is 0. The highest BCUT2D eigenvalue weighted by atomic mass is 16.7. The van der Waals surface area contributed by atoms with Crippen molar-refractivity contribution in [2.45, 2.75) is 32.2 Å². The normalized spacial score (nSPS) is 26.6. The second-order valence-corrected chi connectivity index (χ2v) is 3.22. The number of Topliss-reactive ketones (excluding diaryl/α,β-unsaturated/α-hetero) is 1. The van der Waals surface area contributed by atoms with Crippen LogP contribution in [0.1, 0.15) is 20.3 Å². The molecule has 0 bridgehead atoms. The van der Waals surface area contributed by atoms with Crippen LogP contribution in [-0.4, -0.2) is 24.3 Å². The van der Waals surface area contributed by atoms with Gasteiger partial charge in [-0.15, -0.1) is 6.42 Å². The van der Waals surface area contributed by atoms with Crippen LogP contribution in [0.3, 0.4) is 0 Å². The van der Waals surface area contributed by atoms with E-state index in [0.717, 1.165) is 0 Å². The first kappa shape index (κ1) is 9.24. The van der Waals surface area contributed by atoms with Gasteiger partial charge in [-0.3, -0.25) is 4.79 Å². The van der Waals surface area contributed by atoms with E-state index in [4.69, 9.17) is 15.9 Å². The fourth-order valence-corrected chi connectivity index (χ4v) is 1.13. The molecule has 0 N–H and O–H groups in total. The minimum atomic E-state index is -0.570. The van der Waals surface area contributed by atoms with Gasteiger partial charge in [0.25, 0.3) is 0 Å². The predicted octanol–water partition coefficient (Wildman–Crippen LogP) is 0.730. The Bertz CT molecular complexity index is 224. The average Bonchev–Trinajstić information content (AvgIpc) is 2.30. The third kappa shape index (κ3) is 2.33. The zero-order valence-corrected chi connectivity index (χ0v) is 7.29. The molecule has 0 saturated carbocycles. The minimum Gasteiger partial charge on any atom is -0.348 e. The number of ketones is 1. The van der Waals surface area contributed by atoms with Gasteiger partial charge in [0.2, 0.25) is 5.78 Å². The molecular formula is C9H12O3. The van der Waals surface area contributed by atoms with Crippen molar-refractivity contribution in [3.8, 4) is 12.3 Å². The van der Waals surface area contributed by atoms with Crippen molar-refractivity contribution in [2.24, 2.45) is 0 Å². The van der Waals surface area contributed by atoms with Crippen LogP contribution < -0.4 is 0 Å². The van der Waals surface area contributed by atoms with Crippen molar-refractivity contribution >= 4 is 5.78 Å². The van der Waals surface area contributed by atoms with Crippen molar-refractivity contribution in [1.82, 2.24) is 0 Å². The topological polar surface area (TPSA) is 35.5 Å². The molecule has 66 valence electrons. The molecular weight excluding hydrogens is 156 g/mol. The van der Waals surface area contributed by atoms with Gasteiger partial charge in [0.15, 0.2) is 5.79 Å². The Balaban J connectivity index is 2.39. The lowest BCUT2D eigenvalue weighted by molar-refractivity contribution is -0.141. The largest absolute Gasteiger partial charge is 0.348 e. The Kier molecular flexibility index (Phi) is 2.51. The Hall–Kier alpha value is -0.850. The minimum absolute atomic E-state index is 0.177. The highest BCUT2D eigenvalue weighted by molar-refractivity contribution is 5.95. The second-order valence-electron chi connectivity index (χ2n) is 3.22. The lowest BCUT2D eigenvalue weighted by atomic mass is 10.2. The van der Waals surface area contributed by atoms with E-state index in [1.165, 1.54) is 0 Å². The molecule has 0 aromatic heterocycles. The number of carbonyl (C=O) groups is 1. The third-order valence-corrected chi connectivity index (χ3v) is 1.64. The van der Waals surface area contributed by atoms with E-state index < -0.39 is 5.79 Å². The molecule has 3 heteroatoms. The van der Waals surface area contributed by atoms with E-state index in [1.54, 1.807) is 0 Å². The predicted molar refractivity (Wildman–Crippen MR) is 43.4 cm³/mol. The molecule has 1 saturated heterocycles. The van der Waals surface area contributed by atoms with Gasteiger partial charge in [-0.25, -0.2) is 0 Å². The van der Waals surface area contributed by atoms with Crippen LogP contribution in [0.4, 0.5) is 0 Å².